The van der Waals surface area contributed by atoms with Gasteiger partial charge in [0.05, 0.1) is 7.11 Å². The second kappa shape index (κ2) is 7.37. The largest absolute Gasteiger partial charge is 0.493 e. The van der Waals surface area contributed by atoms with Gasteiger partial charge < -0.3 is 25.0 Å². The Kier molecular flexibility index (Phi) is 5.25. The molecule has 0 radical (unpaired) electrons. The van der Waals surface area contributed by atoms with Crippen molar-refractivity contribution in [2.24, 2.45) is 0 Å². The zero-order chi connectivity index (χ0) is 15.1. The normalized spacial score (nSPS) is 13.8. The van der Waals surface area contributed by atoms with Crippen LogP contribution in [0.5, 0.6) is 11.5 Å². The molecule has 7 nitrogen and oxygen atoms in total. The zero-order valence-electron chi connectivity index (χ0n) is 11.9. The van der Waals surface area contributed by atoms with E-state index >= 15 is 0 Å². The van der Waals surface area contributed by atoms with E-state index in [9.17, 15) is 9.59 Å². The highest BCUT2D eigenvalue weighted by atomic mass is 16.5. The molecule has 7 heteroatoms. The molecular weight excluding hydrogens is 274 g/mol. The lowest BCUT2D eigenvalue weighted by Gasteiger charge is -2.14. The van der Waals surface area contributed by atoms with Gasteiger partial charge in [0.2, 0.25) is 0 Å². The van der Waals surface area contributed by atoms with Gasteiger partial charge in [-0.2, -0.15) is 0 Å². The maximum absolute atomic E-state index is 11.7. The molecule has 0 unspecified atom stereocenters. The van der Waals surface area contributed by atoms with Gasteiger partial charge in [0.15, 0.2) is 18.1 Å². The van der Waals surface area contributed by atoms with E-state index in [0.29, 0.717) is 37.7 Å². The Morgan fingerprint density at radius 2 is 2.14 bits per heavy atom. The first kappa shape index (κ1) is 15.0. The van der Waals surface area contributed by atoms with Gasteiger partial charge in [-0.05, 0) is 12.1 Å². The summed E-state index contributed by atoms with van der Waals surface area (Å²) < 4.78 is 10.5. The van der Waals surface area contributed by atoms with Crippen LogP contribution in [0.15, 0.2) is 24.3 Å². The van der Waals surface area contributed by atoms with Crippen LogP contribution in [0, 0.1) is 0 Å². The molecule has 1 saturated heterocycles. The first-order valence-corrected chi connectivity index (χ1v) is 6.76. The number of urea groups is 1. The van der Waals surface area contributed by atoms with E-state index in [1.807, 2.05) is 12.1 Å². The molecule has 1 aliphatic rings. The van der Waals surface area contributed by atoms with Gasteiger partial charge in [-0.25, -0.2) is 4.79 Å². The van der Waals surface area contributed by atoms with Crippen LogP contribution < -0.4 is 20.1 Å². The monoisotopic (exact) mass is 293 g/mol. The highest BCUT2D eigenvalue weighted by Gasteiger charge is 2.18. The third-order valence-corrected chi connectivity index (χ3v) is 3.08. The Morgan fingerprint density at radius 1 is 1.38 bits per heavy atom. The number of nitrogens with one attached hydrogen (secondary N) is 2. The minimum atomic E-state index is -0.236. The van der Waals surface area contributed by atoms with Crippen molar-refractivity contribution < 1.29 is 19.1 Å². The topological polar surface area (TPSA) is 79.9 Å². The third kappa shape index (κ3) is 4.27. The molecule has 1 aromatic carbocycles. The van der Waals surface area contributed by atoms with Crippen LogP contribution in [0.25, 0.3) is 0 Å². The molecule has 1 fully saturated rings. The Balaban J connectivity index is 1.69. The molecule has 2 rings (SSSR count). The number of para-hydroxylation sites is 2. The molecule has 0 aromatic heterocycles. The smallest absolute Gasteiger partial charge is 0.317 e. The number of benzene rings is 1. The van der Waals surface area contributed by atoms with Crippen molar-refractivity contribution in [2.75, 3.05) is 39.9 Å². The lowest BCUT2D eigenvalue weighted by molar-refractivity contribution is -0.123. The predicted octanol–water partition coefficient (Wildman–Crippen LogP) is 0.215. The van der Waals surface area contributed by atoms with Crippen LogP contribution in [-0.2, 0) is 4.79 Å². The Morgan fingerprint density at radius 3 is 2.81 bits per heavy atom. The van der Waals surface area contributed by atoms with E-state index in [0.717, 1.165) is 0 Å². The second-order valence-corrected chi connectivity index (χ2v) is 4.51. The van der Waals surface area contributed by atoms with Crippen molar-refractivity contribution in [1.82, 2.24) is 15.5 Å². The fourth-order valence-corrected chi connectivity index (χ4v) is 1.99. The van der Waals surface area contributed by atoms with Crippen molar-refractivity contribution >= 4 is 11.9 Å². The molecule has 3 amide bonds. The van der Waals surface area contributed by atoms with Crippen molar-refractivity contribution in [3.8, 4) is 11.5 Å². The maximum Gasteiger partial charge on any atom is 0.317 e. The van der Waals surface area contributed by atoms with E-state index in [4.69, 9.17) is 9.47 Å². The van der Waals surface area contributed by atoms with E-state index in [2.05, 4.69) is 10.6 Å². The summed E-state index contributed by atoms with van der Waals surface area (Å²) in [5, 5.41) is 5.41. The van der Waals surface area contributed by atoms with E-state index < -0.39 is 0 Å². The molecular formula is C14H19N3O4. The van der Waals surface area contributed by atoms with Crippen LogP contribution in [0.4, 0.5) is 4.79 Å². The Labute approximate surface area is 123 Å². The number of amides is 3. The molecule has 0 bridgehead atoms. The first-order valence-electron chi connectivity index (χ1n) is 6.76. The fraction of sp³-hybridized carbons (Fsp3) is 0.429. The molecule has 0 spiro atoms. The quantitative estimate of drug-likeness (QED) is 0.753. The van der Waals surface area contributed by atoms with Crippen molar-refractivity contribution in [2.45, 2.75) is 0 Å². The maximum atomic E-state index is 11.7. The Bertz CT molecular complexity index is 507. The van der Waals surface area contributed by atoms with Crippen molar-refractivity contribution in [3.05, 3.63) is 24.3 Å². The van der Waals surface area contributed by atoms with Crippen LogP contribution in [0.1, 0.15) is 0 Å². The summed E-state index contributed by atoms with van der Waals surface area (Å²) in [6.07, 6.45) is 0. The number of ether oxygens (including phenoxy) is 2. The highest BCUT2D eigenvalue weighted by Crippen LogP contribution is 2.25. The summed E-state index contributed by atoms with van der Waals surface area (Å²) in [6, 6.07) is 7.05. The SMILES string of the molecule is COc1ccccc1OCC(=O)NCCN1CCNC1=O. The number of hydrogen-bond acceptors (Lipinski definition) is 4. The fourth-order valence-electron chi connectivity index (χ4n) is 1.99. The van der Waals surface area contributed by atoms with E-state index in [1.165, 1.54) is 0 Å². The molecule has 1 aliphatic heterocycles. The number of carbonyl (C=O) groups excluding carboxylic acids is 2. The van der Waals surface area contributed by atoms with Crippen LogP contribution in [-0.4, -0.2) is 56.7 Å². The van der Waals surface area contributed by atoms with Crippen LogP contribution in [0.3, 0.4) is 0 Å². The van der Waals surface area contributed by atoms with E-state index in [1.54, 1.807) is 24.1 Å². The summed E-state index contributed by atoms with van der Waals surface area (Å²) in [6.45, 7) is 2.14. The summed E-state index contributed by atoms with van der Waals surface area (Å²) >= 11 is 0. The number of hydrogen-bond donors (Lipinski definition) is 2. The minimum Gasteiger partial charge on any atom is -0.493 e. The van der Waals surface area contributed by atoms with Crippen molar-refractivity contribution in [1.29, 1.82) is 0 Å². The molecule has 0 aliphatic carbocycles. The Hall–Kier alpha value is -2.44. The van der Waals surface area contributed by atoms with E-state index in [-0.39, 0.29) is 18.5 Å². The van der Waals surface area contributed by atoms with Gasteiger partial charge in [-0.1, -0.05) is 12.1 Å². The summed E-state index contributed by atoms with van der Waals surface area (Å²) in [4.78, 5) is 24.6. The van der Waals surface area contributed by atoms with Crippen LogP contribution in [0.2, 0.25) is 0 Å². The molecule has 0 saturated carbocycles. The average molecular weight is 293 g/mol. The lowest BCUT2D eigenvalue weighted by Crippen LogP contribution is -2.38. The average Bonchev–Trinajstić information content (AvgIpc) is 2.91. The number of methoxy groups -OCH3 is 1. The van der Waals surface area contributed by atoms with Gasteiger partial charge in [-0.15, -0.1) is 0 Å². The zero-order valence-corrected chi connectivity index (χ0v) is 11.9. The van der Waals surface area contributed by atoms with Gasteiger partial charge in [0, 0.05) is 26.2 Å². The van der Waals surface area contributed by atoms with Gasteiger partial charge in [0.25, 0.3) is 5.91 Å². The molecule has 114 valence electrons. The summed E-state index contributed by atoms with van der Waals surface area (Å²) in [7, 11) is 1.54. The summed E-state index contributed by atoms with van der Waals surface area (Å²) in [5.41, 5.74) is 0. The predicted molar refractivity (Wildman–Crippen MR) is 76.5 cm³/mol. The van der Waals surface area contributed by atoms with Crippen LogP contribution >= 0.6 is 0 Å². The summed E-state index contributed by atoms with van der Waals surface area (Å²) in [5.74, 6) is 0.869. The molecule has 1 aromatic rings. The first-order chi connectivity index (χ1) is 10.2. The molecule has 1 heterocycles. The van der Waals surface area contributed by atoms with Gasteiger partial charge in [0.1, 0.15) is 0 Å². The molecule has 2 N–H and O–H groups in total. The third-order valence-electron chi connectivity index (χ3n) is 3.08. The number of rotatable bonds is 7. The van der Waals surface area contributed by atoms with Gasteiger partial charge >= 0.3 is 6.03 Å². The van der Waals surface area contributed by atoms with Crippen molar-refractivity contribution in [3.63, 3.8) is 0 Å². The highest BCUT2D eigenvalue weighted by molar-refractivity contribution is 5.78. The number of nitrogens with zero attached hydrogens (tertiary/aromatic N) is 1. The second-order valence-electron chi connectivity index (χ2n) is 4.51. The minimum absolute atomic E-state index is 0.0884. The molecule has 21 heavy (non-hydrogen) atoms. The standard InChI is InChI=1S/C14H19N3O4/c1-20-11-4-2-3-5-12(11)21-10-13(18)15-6-8-17-9-7-16-14(17)19/h2-5H,6-10H2,1H3,(H,15,18)(H,16,19). The molecule has 0 atom stereocenters. The lowest BCUT2D eigenvalue weighted by atomic mass is 10.3. The number of carbonyl (C=O) groups is 2. The van der Waals surface area contributed by atoms with Gasteiger partial charge in [-0.3, -0.25) is 4.79 Å².